The summed E-state index contributed by atoms with van der Waals surface area (Å²) in [5, 5.41) is 10.5. The predicted octanol–water partition coefficient (Wildman–Crippen LogP) is 3.83. The van der Waals surface area contributed by atoms with Crippen LogP contribution in [0.15, 0.2) is 42.5 Å². The molecular weight excluding hydrogens is 306 g/mol. The maximum absolute atomic E-state index is 12.4. The fraction of sp³-hybridized carbons (Fsp3) is 0.211. The van der Waals surface area contributed by atoms with Crippen molar-refractivity contribution in [3.8, 4) is 17.2 Å². The number of benzene rings is 2. The largest absolute Gasteiger partial charge is 0.508 e. The van der Waals surface area contributed by atoms with Gasteiger partial charge in [-0.15, -0.1) is 0 Å². The lowest BCUT2D eigenvalue weighted by Gasteiger charge is -2.10. The molecule has 24 heavy (non-hydrogen) atoms. The third-order valence-corrected chi connectivity index (χ3v) is 4.00. The maximum atomic E-state index is 12.4. The van der Waals surface area contributed by atoms with Crippen LogP contribution in [-0.4, -0.2) is 29.4 Å². The minimum absolute atomic E-state index is 0.111. The quantitative estimate of drug-likeness (QED) is 0.741. The molecule has 2 aromatic carbocycles. The molecule has 124 valence electrons. The van der Waals surface area contributed by atoms with Crippen LogP contribution in [0.25, 0.3) is 16.6 Å². The third kappa shape index (κ3) is 2.58. The normalized spacial score (nSPS) is 10.8. The minimum atomic E-state index is -0.391. The number of rotatable bonds is 4. The van der Waals surface area contributed by atoms with Gasteiger partial charge in [0.1, 0.15) is 11.5 Å². The van der Waals surface area contributed by atoms with Crippen LogP contribution in [-0.2, 0) is 4.74 Å². The van der Waals surface area contributed by atoms with Gasteiger partial charge in [0, 0.05) is 16.8 Å². The number of hydrogen-bond acceptors (Lipinski definition) is 4. The molecule has 0 radical (unpaired) electrons. The first-order valence-electron chi connectivity index (χ1n) is 7.72. The number of carbonyl (C=O) groups excluding carboxylic acids is 1. The molecule has 0 unspecified atom stereocenters. The number of ether oxygens (including phenoxy) is 2. The minimum Gasteiger partial charge on any atom is -0.508 e. The van der Waals surface area contributed by atoms with E-state index < -0.39 is 5.97 Å². The summed E-state index contributed by atoms with van der Waals surface area (Å²) in [6.07, 6.45) is 0. The van der Waals surface area contributed by atoms with Gasteiger partial charge in [0.15, 0.2) is 0 Å². The molecule has 0 saturated heterocycles. The van der Waals surface area contributed by atoms with Gasteiger partial charge in [0.2, 0.25) is 0 Å². The summed E-state index contributed by atoms with van der Waals surface area (Å²) in [6, 6.07) is 12.6. The summed E-state index contributed by atoms with van der Waals surface area (Å²) >= 11 is 0. The lowest BCUT2D eigenvalue weighted by Crippen LogP contribution is -2.07. The number of methoxy groups -OCH3 is 1. The van der Waals surface area contributed by atoms with Crippen LogP contribution >= 0.6 is 0 Å². The Kier molecular flexibility index (Phi) is 4.16. The summed E-state index contributed by atoms with van der Waals surface area (Å²) in [7, 11) is 1.62. The average molecular weight is 325 g/mol. The molecule has 0 spiro atoms. The second kappa shape index (κ2) is 6.28. The molecular formula is C19H19NO4. The van der Waals surface area contributed by atoms with E-state index in [2.05, 4.69) is 0 Å². The van der Waals surface area contributed by atoms with Crippen LogP contribution in [0.4, 0.5) is 0 Å². The Morgan fingerprint density at radius 3 is 2.50 bits per heavy atom. The first kappa shape index (κ1) is 15.9. The van der Waals surface area contributed by atoms with E-state index in [9.17, 15) is 9.90 Å². The van der Waals surface area contributed by atoms with Gasteiger partial charge < -0.3 is 19.1 Å². The van der Waals surface area contributed by atoms with E-state index in [0.717, 1.165) is 22.6 Å². The number of phenolic OH excluding ortho intramolecular Hbond substituents is 1. The Hall–Kier alpha value is -2.95. The first-order valence-corrected chi connectivity index (χ1v) is 7.72. The number of phenols is 1. The van der Waals surface area contributed by atoms with Crippen LogP contribution in [0.2, 0.25) is 0 Å². The SMILES string of the molecule is CCOC(=O)c1c(C)n(-c2ccc(OC)cc2)c2ccc(O)cc12. The van der Waals surface area contributed by atoms with E-state index in [1.54, 1.807) is 32.2 Å². The summed E-state index contributed by atoms with van der Waals surface area (Å²) in [6.45, 7) is 3.94. The number of fused-ring (bicyclic) bond motifs is 1. The van der Waals surface area contributed by atoms with Crippen LogP contribution in [0.5, 0.6) is 11.5 Å². The second-order valence-corrected chi connectivity index (χ2v) is 5.42. The zero-order chi connectivity index (χ0) is 17.3. The fourth-order valence-corrected chi connectivity index (χ4v) is 2.93. The van der Waals surface area contributed by atoms with Gasteiger partial charge in [-0.1, -0.05) is 0 Å². The van der Waals surface area contributed by atoms with Crippen molar-refractivity contribution in [2.24, 2.45) is 0 Å². The Morgan fingerprint density at radius 1 is 1.17 bits per heavy atom. The summed E-state index contributed by atoms with van der Waals surface area (Å²) in [4.78, 5) is 12.4. The number of aromatic hydroxyl groups is 1. The molecule has 0 fully saturated rings. The zero-order valence-corrected chi connectivity index (χ0v) is 13.9. The monoisotopic (exact) mass is 325 g/mol. The highest BCUT2D eigenvalue weighted by Gasteiger charge is 2.22. The zero-order valence-electron chi connectivity index (χ0n) is 13.9. The van der Waals surface area contributed by atoms with Crippen LogP contribution in [0, 0.1) is 6.92 Å². The van der Waals surface area contributed by atoms with Gasteiger partial charge in [0.25, 0.3) is 0 Å². The molecule has 1 aromatic heterocycles. The van der Waals surface area contributed by atoms with Crippen molar-refractivity contribution in [1.82, 2.24) is 4.57 Å². The lowest BCUT2D eigenvalue weighted by atomic mass is 10.1. The number of nitrogens with zero attached hydrogens (tertiary/aromatic N) is 1. The van der Waals surface area contributed by atoms with E-state index in [1.807, 2.05) is 35.8 Å². The molecule has 0 saturated carbocycles. The number of carbonyl (C=O) groups is 1. The molecule has 0 atom stereocenters. The van der Waals surface area contributed by atoms with Crippen molar-refractivity contribution in [1.29, 1.82) is 0 Å². The Bertz CT molecular complexity index is 894. The van der Waals surface area contributed by atoms with Crippen molar-refractivity contribution in [2.75, 3.05) is 13.7 Å². The Labute approximate surface area is 140 Å². The smallest absolute Gasteiger partial charge is 0.340 e. The van der Waals surface area contributed by atoms with Gasteiger partial charge in [-0.2, -0.15) is 0 Å². The Morgan fingerprint density at radius 2 is 1.88 bits per heavy atom. The second-order valence-electron chi connectivity index (χ2n) is 5.42. The third-order valence-electron chi connectivity index (χ3n) is 4.00. The summed E-state index contributed by atoms with van der Waals surface area (Å²) < 4.78 is 12.4. The highest BCUT2D eigenvalue weighted by molar-refractivity contribution is 6.07. The number of esters is 1. The summed E-state index contributed by atoms with van der Waals surface area (Å²) in [5.41, 5.74) is 2.97. The van der Waals surface area contributed by atoms with Gasteiger partial charge >= 0.3 is 5.97 Å². The summed E-state index contributed by atoms with van der Waals surface area (Å²) in [5.74, 6) is 0.480. The van der Waals surface area contributed by atoms with Crippen molar-refractivity contribution < 1.29 is 19.4 Å². The molecule has 1 heterocycles. The molecule has 3 aromatic rings. The van der Waals surface area contributed by atoms with Crippen molar-refractivity contribution in [2.45, 2.75) is 13.8 Å². The first-order chi connectivity index (χ1) is 11.6. The van der Waals surface area contributed by atoms with E-state index in [1.165, 1.54) is 0 Å². The maximum Gasteiger partial charge on any atom is 0.340 e. The number of hydrogen-bond donors (Lipinski definition) is 1. The van der Waals surface area contributed by atoms with E-state index in [4.69, 9.17) is 9.47 Å². The molecule has 0 amide bonds. The van der Waals surface area contributed by atoms with Gasteiger partial charge in [0.05, 0.1) is 24.8 Å². The van der Waals surface area contributed by atoms with Crippen molar-refractivity contribution >= 4 is 16.9 Å². The van der Waals surface area contributed by atoms with E-state index in [0.29, 0.717) is 17.6 Å². The average Bonchev–Trinajstić information content (AvgIpc) is 2.86. The highest BCUT2D eigenvalue weighted by Crippen LogP contribution is 2.32. The Balaban J connectivity index is 2.27. The molecule has 3 rings (SSSR count). The fourth-order valence-electron chi connectivity index (χ4n) is 2.93. The predicted molar refractivity (Wildman–Crippen MR) is 92.2 cm³/mol. The highest BCUT2D eigenvalue weighted by atomic mass is 16.5. The van der Waals surface area contributed by atoms with Crippen LogP contribution in [0.3, 0.4) is 0 Å². The number of aromatic nitrogens is 1. The topological polar surface area (TPSA) is 60.7 Å². The van der Waals surface area contributed by atoms with E-state index >= 15 is 0 Å². The standard InChI is InChI=1S/C19H19NO4/c1-4-24-19(22)18-12(2)20(13-5-8-15(23-3)9-6-13)17-10-7-14(21)11-16(17)18/h5-11,21H,4H2,1-3H3. The van der Waals surface area contributed by atoms with Crippen molar-refractivity contribution in [3.63, 3.8) is 0 Å². The van der Waals surface area contributed by atoms with Crippen molar-refractivity contribution in [3.05, 3.63) is 53.7 Å². The van der Waals surface area contributed by atoms with Crippen LogP contribution < -0.4 is 4.74 Å². The molecule has 0 bridgehead atoms. The molecule has 0 aliphatic heterocycles. The van der Waals surface area contributed by atoms with E-state index in [-0.39, 0.29) is 5.75 Å². The lowest BCUT2D eigenvalue weighted by molar-refractivity contribution is 0.0527. The van der Waals surface area contributed by atoms with Gasteiger partial charge in [-0.05, 0) is 56.3 Å². The van der Waals surface area contributed by atoms with Crippen LogP contribution in [0.1, 0.15) is 23.0 Å². The molecule has 0 aliphatic rings. The molecule has 1 N–H and O–H groups in total. The molecule has 5 heteroatoms. The van der Waals surface area contributed by atoms with Gasteiger partial charge in [-0.3, -0.25) is 0 Å². The molecule has 5 nitrogen and oxygen atoms in total. The molecule has 0 aliphatic carbocycles. The van der Waals surface area contributed by atoms with Gasteiger partial charge in [-0.25, -0.2) is 4.79 Å².